The second-order valence-corrected chi connectivity index (χ2v) is 9.50. The van der Waals surface area contributed by atoms with Crippen LogP contribution in [0.25, 0.3) is 0 Å². The molecule has 152 valence electrons. The molecule has 3 saturated heterocycles. The molecular formula is C18H28N2O5S2. The maximum Gasteiger partial charge on any atom is 0.343 e. The highest BCUT2D eigenvalue weighted by atomic mass is 32.2. The topological polar surface area (TPSA) is 68.3 Å². The molecule has 0 N–H and O–H groups in total. The van der Waals surface area contributed by atoms with Crippen molar-refractivity contribution in [3.05, 3.63) is 9.81 Å². The lowest BCUT2D eigenvalue weighted by atomic mass is 10.2. The van der Waals surface area contributed by atoms with Gasteiger partial charge in [-0.3, -0.25) is 14.6 Å². The molecule has 0 bridgehead atoms. The van der Waals surface area contributed by atoms with Crippen LogP contribution in [-0.2, 0) is 23.8 Å². The third-order valence-corrected chi connectivity index (χ3v) is 7.79. The number of thioether (sulfide) groups is 2. The Morgan fingerprint density at radius 2 is 1.41 bits per heavy atom. The average molecular weight is 417 g/mol. The number of rotatable bonds is 5. The predicted octanol–water partition coefficient (Wildman–Crippen LogP) is 1.54. The van der Waals surface area contributed by atoms with Gasteiger partial charge in [0.15, 0.2) is 5.78 Å². The number of carbonyl (C=O) groups excluding carboxylic acids is 2. The highest BCUT2D eigenvalue weighted by Gasteiger charge is 2.43. The van der Waals surface area contributed by atoms with Gasteiger partial charge in [-0.2, -0.15) is 0 Å². The first-order valence-electron chi connectivity index (χ1n) is 9.40. The SMILES string of the molecule is CC(=O)C(C(=O)OC(C)C)=C1SC(N2CCOCC2)C(N2CCOCC2)S1. The van der Waals surface area contributed by atoms with Crippen LogP contribution in [0.1, 0.15) is 20.8 Å². The first-order chi connectivity index (χ1) is 13.0. The molecule has 0 spiro atoms. The van der Waals surface area contributed by atoms with Gasteiger partial charge in [0.25, 0.3) is 0 Å². The van der Waals surface area contributed by atoms with E-state index < -0.39 is 5.97 Å². The molecule has 3 aliphatic rings. The number of Topliss-reactive ketones (excluding diaryl/α,β-unsaturated/α-hetero) is 1. The van der Waals surface area contributed by atoms with Crippen molar-refractivity contribution >= 4 is 35.3 Å². The summed E-state index contributed by atoms with van der Waals surface area (Å²) in [6, 6.07) is 0. The van der Waals surface area contributed by atoms with Crippen molar-refractivity contribution in [1.82, 2.24) is 9.80 Å². The zero-order valence-corrected chi connectivity index (χ0v) is 17.8. The van der Waals surface area contributed by atoms with Crippen LogP contribution in [0, 0.1) is 0 Å². The molecule has 0 aliphatic carbocycles. The molecule has 3 rings (SSSR count). The molecule has 9 heteroatoms. The van der Waals surface area contributed by atoms with Crippen molar-refractivity contribution in [3.63, 3.8) is 0 Å². The molecule has 0 aromatic rings. The fourth-order valence-electron chi connectivity index (χ4n) is 3.30. The summed E-state index contributed by atoms with van der Waals surface area (Å²) < 4.78 is 17.1. The number of ketones is 1. The van der Waals surface area contributed by atoms with Gasteiger partial charge in [-0.15, -0.1) is 0 Å². The quantitative estimate of drug-likeness (QED) is 0.287. The van der Waals surface area contributed by atoms with Gasteiger partial charge < -0.3 is 14.2 Å². The van der Waals surface area contributed by atoms with Crippen LogP contribution in [0.4, 0.5) is 0 Å². The Hall–Kier alpha value is -0.580. The van der Waals surface area contributed by atoms with Gasteiger partial charge >= 0.3 is 5.97 Å². The largest absolute Gasteiger partial charge is 0.459 e. The molecule has 2 unspecified atom stereocenters. The fourth-order valence-corrected chi connectivity index (χ4v) is 6.87. The smallest absolute Gasteiger partial charge is 0.343 e. The number of esters is 1. The van der Waals surface area contributed by atoms with Crippen LogP contribution in [0.2, 0.25) is 0 Å². The summed E-state index contributed by atoms with van der Waals surface area (Å²) in [5.41, 5.74) is 0.188. The number of hydrogen-bond donors (Lipinski definition) is 0. The second-order valence-electron chi connectivity index (χ2n) is 6.99. The Morgan fingerprint density at radius 1 is 0.963 bits per heavy atom. The van der Waals surface area contributed by atoms with E-state index in [0.717, 1.165) is 30.4 Å². The normalized spacial score (nSPS) is 27.8. The third kappa shape index (κ3) is 5.27. The first kappa shape index (κ1) is 21.1. The van der Waals surface area contributed by atoms with Crippen LogP contribution in [0.5, 0.6) is 0 Å². The van der Waals surface area contributed by atoms with E-state index in [1.165, 1.54) is 6.92 Å². The van der Waals surface area contributed by atoms with E-state index in [1.54, 1.807) is 37.4 Å². The predicted molar refractivity (Wildman–Crippen MR) is 106 cm³/mol. The number of hydrogen-bond acceptors (Lipinski definition) is 9. The van der Waals surface area contributed by atoms with Gasteiger partial charge in [-0.1, -0.05) is 23.5 Å². The van der Waals surface area contributed by atoms with E-state index in [0.29, 0.717) is 26.4 Å². The van der Waals surface area contributed by atoms with Crippen LogP contribution in [0.3, 0.4) is 0 Å². The number of morpholine rings is 2. The van der Waals surface area contributed by atoms with E-state index in [-0.39, 0.29) is 28.2 Å². The Kier molecular flexibility index (Phi) is 7.64. The number of ether oxygens (including phenoxy) is 3. The Labute approximate surface area is 169 Å². The molecule has 7 nitrogen and oxygen atoms in total. The van der Waals surface area contributed by atoms with E-state index in [9.17, 15) is 9.59 Å². The summed E-state index contributed by atoms with van der Waals surface area (Å²) in [6.45, 7) is 11.3. The third-order valence-electron chi connectivity index (χ3n) is 4.61. The maximum absolute atomic E-state index is 12.6. The molecule has 3 aliphatic heterocycles. The summed E-state index contributed by atoms with van der Waals surface area (Å²) in [5, 5.41) is 0.349. The van der Waals surface area contributed by atoms with E-state index in [1.807, 2.05) is 0 Å². The molecule has 0 radical (unpaired) electrons. The minimum Gasteiger partial charge on any atom is -0.459 e. The summed E-state index contributed by atoms with van der Waals surface area (Å²) in [5.74, 6) is -0.755. The molecule has 0 amide bonds. The average Bonchev–Trinajstić information content (AvgIpc) is 3.07. The van der Waals surface area contributed by atoms with Gasteiger partial charge in [0.05, 0.1) is 47.5 Å². The molecule has 0 aromatic heterocycles. The first-order valence-corrected chi connectivity index (χ1v) is 11.2. The Bertz CT molecular complexity index is 558. The van der Waals surface area contributed by atoms with Crippen molar-refractivity contribution in [1.29, 1.82) is 0 Å². The van der Waals surface area contributed by atoms with Crippen LogP contribution >= 0.6 is 23.5 Å². The van der Waals surface area contributed by atoms with Crippen molar-refractivity contribution < 1.29 is 23.8 Å². The summed E-state index contributed by atoms with van der Waals surface area (Å²) in [4.78, 5) is 29.6. The minimum atomic E-state index is -0.518. The van der Waals surface area contributed by atoms with E-state index in [2.05, 4.69) is 9.80 Å². The summed E-state index contributed by atoms with van der Waals surface area (Å²) in [6.07, 6.45) is -0.256. The zero-order valence-electron chi connectivity index (χ0n) is 16.1. The lowest BCUT2D eigenvalue weighted by Crippen LogP contribution is -2.52. The Balaban J connectivity index is 1.87. The zero-order chi connectivity index (χ0) is 19.4. The van der Waals surface area contributed by atoms with Crippen molar-refractivity contribution in [2.45, 2.75) is 37.6 Å². The minimum absolute atomic E-state index is 0.174. The maximum atomic E-state index is 12.6. The standard InChI is InChI=1S/C18H28N2O5S2/c1-12(2)25-17(22)14(13(3)21)18-26-15(19-4-8-23-9-5-19)16(27-18)20-6-10-24-11-7-20/h12,15-16H,4-11H2,1-3H3. The summed E-state index contributed by atoms with van der Waals surface area (Å²) >= 11 is 3.24. The molecular weight excluding hydrogens is 388 g/mol. The Morgan fingerprint density at radius 3 is 1.78 bits per heavy atom. The van der Waals surface area contributed by atoms with E-state index in [4.69, 9.17) is 14.2 Å². The lowest BCUT2D eigenvalue weighted by molar-refractivity contribution is -0.143. The fraction of sp³-hybridized carbons (Fsp3) is 0.778. The molecule has 27 heavy (non-hydrogen) atoms. The van der Waals surface area contributed by atoms with Crippen molar-refractivity contribution in [2.24, 2.45) is 0 Å². The lowest BCUT2D eigenvalue weighted by Gasteiger charge is -2.39. The molecule has 3 heterocycles. The highest BCUT2D eigenvalue weighted by molar-refractivity contribution is 8.26. The number of nitrogens with zero attached hydrogens (tertiary/aromatic N) is 2. The monoisotopic (exact) mass is 416 g/mol. The summed E-state index contributed by atoms with van der Waals surface area (Å²) in [7, 11) is 0. The van der Waals surface area contributed by atoms with Crippen LogP contribution < -0.4 is 0 Å². The molecule has 3 fully saturated rings. The van der Waals surface area contributed by atoms with Crippen molar-refractivity contribution in [3.8, 4) is 0 Å². The highest BCUT2D eigenvalue weighted by Crippen LogP contribution is 2.51. The van der Waals surface area contributed by atoms with Crippen molar-refractivity contribution in [2.75, 3.05) is 52.6 Å². The van der Waals surface area contributed by atoms with Gasteiger partial charge in [-0.25, -0.2) is 4.79 Å². The molecule has 0 aromatic carbocycles. The molecule has 0 saturated carbocycles. The second kappa shape index (κ2) is 9.76. The number of carbonyl (C=O) groups is 2. The van der Waals surface area contributed by atoms with Gasteiger partial charge in [0, 0.05) is 26.2 Å². The van der Waals surface area contributed by atoms with Crippen LogP contribution in [-0.4, -0.2) is 91.0 Å². The van der Waals surface area contributed by atoms with Crippen LogP contribution in [0.15, 0.2) is 9.81 Å². The van der Waals surface area contributed by atoms with Gasteiger partial charge in [0.2, 0.25) is 0 Å². The molecule has 2 atom stereocenters. The van der Waals surface area contributed by atoms with E-state index >= 15 is 0 Å². The van der Waals surface area contributed by atoms with Gasteiger partial charge in [0.1, 0.15) is 5.57 Å². The van der Waals surface area contributed by atoms with Gasteiger partial charge in [-0.05, 0) is 20.8 Å².